The molecular formula is C12H24N2O4. The van der Waals surface area contributed by atoms with E-state index >= 15 is 0 Å². The minimum absolute atomic E-state index is 0.135. The highest BCUT2D eigenvalue weighted by molar-refractivity contribution is 5.73. The molecule has 1 saturated heterocycles. The molecule has 6 nitrogen and oxygen atoms in total. The van der Waals surface area contributed by atoms with E-state index in [4.69, 9.17) is 5.11 Å². The van der Waals surface area contributed by atoms with Crippen molar-refractivity contribution in [1.82, 2.24) is 10.6 Å². The highest BCUT2D eigenvalue weighted by Crippen LogP contribution is 2.19. The summed E-state index contributed by atoms with van der Waals surface area (Å²) in [5.74, 6) is -0.239. The summed E-state index contributed by atoms with van der Waals surface area (Å²) < 4.78 is 0. The Morgan fingerprint density at radius 3 is 2.44 bits per heavy atom. The maximum absolute atomic E-state index is 11.2. The topological polar surface area (TPSA) is 102 Å². The van der Waals surface area contributed by atoms with Gasteiger partial charge in [0.25, 0.3) is 0 Å². The second-order valence-electron chi connectivity index (χ2n) is 4.91. The third-order valence-electron chi connectivity index (χ3n) is 3.43. The number of unbranched alkanes of at least 4 members (excludes halogenated alkanes) is 1. The number of aliphatic hydroxyl groups is 3. The Bertz CT molecular complexity index is 275. The smallest absolute Gasteiger partial charge is 0.217 e. The molecule has 0 bridgehead atoms. The fraction of sp³-hybridized carbons (Fsp3) is 0.917. The van der Waals surface area contributed by atoms with Crippen molar-refractivity contribution in [3.8, 4) is 0 Å². The fourth-order valence-corrected chi connectivity index (χ4v) is 2.43. The Labute approximate surface area is 107 Å². The lowest BCUT2D eigenvalue weighted by Crippen LogP contribution is -2.69. The van der Waals surface area contributed by atoms with E-state index in [1.807, 2.05) is 0 Å². The number of nitrogens with one attached hydrogen (secondary N) is 2. The molecule has 0 spiro atoms. The van der Waals surface area contributed by atoms with Gasteiger partial charge in [-0.2, -0.15) is 0 Å². The van der Waals surface area contributed by atoms with Crippen LogP contribution in [0.25, 0.3) is 0 Å². The van der Waals surface area contributed by atoms with Crippen LogP contribution in [0.4, 0.5) is 0 Å². The predicted molar refractivity (Wildman–Crippen MR) is 66.9 cm³/mol. The highest BCUT2D eigenvalue weighted by atomic mass is 16.3. The molecule has 0 radical (unpaired) electrons. The van der Waals surface area contributed by atoms with Gasteiger partial charge in [0.15, 0.2) is 0 Å². The zero-order valence-electron chi connectivity index (χ0n) is 11.0. The molecule has 0 aromatic carbocycles. The van der Waals surface area contributed by atoms with Crippen molar-refractivity contribution in [3.05, 3.63) is 0 Å². The van der Waals surface area contributed by atoms with Crippen LogP contribution in [0.15, 0.2) is 0 Å². The SMILES string of the molecule is CCCCC1N[C@H](CO)[C@H](O)[C@H](O)[C@H]1NC(C)=O. The van der Waals surface area contributed by atoms with Crippen molar-refractivity contribution in [3.63, 3.8) is 0 Å². The second kappa shape index (κ2) is 7.04. The van der Waals surface area contributed by atoms with Gasteiger partial charge in [0.2, 0.25) is 5.91 Å². The van der Waals surface area contributed by atoms with Gasteiger partial charge in [-0.25, -0.2) is 0 Å². The van der Waals surface area contributed by atoms with Crippen LogP contribution < -0.4 is 10.6 Å². The summed E-state index contributed by atoms with van der Waals surface area (Å²) in [6.07, 6.45) is 0.600. The quantitative estimate of drug-likeness (QED) is 0.424. The Morgan fingerprint density at radius 2 is 1.94 bits per heavy atom. The summed E-state index contributed by atoms with van der Waals surface area (Å²) in [5, 5.41) is 34.8. The molecule has 1 aliphatic rings. The summed E-state index contributed by atoms with van der Waals surface area (Å²) in [6.45, 7) is 3.20. The van der Waals surface area contributed by atoms with Crippen molar-refractivity contribution in [2.75, 3.05) is 6.61 Å². The average molecular weight is 260 g/mol. The molecule has 1 heterocycles. The lowest BCUT2D eigenvalue weighted by molar-refractivity contribution is -0.124. The van der Waals surface area contributed by atoms with E-state index < -0.39 is 24.3 Å². The summed E-state index contributed by atoms with van der Waals surface area (Å²) in [4.78, 5) is 11.2. The summed E-state index contributed by atoms with van der Waals surface area (Å²) in [7, 11) is 0. The molecular weight excluding hydrogens is 236 g/mol. The van der Waals surface area contributed by atoms with Gasteiger partial charge in [-0.05, 0) is 6.42 Å². The molecule has 1 amide bonds. The van der Waals surface area contributed by atoms with Crippen LogP contribution in [0, 0.1) is 0 Å². The largest absolute Gasteiger partial charge is 0.395 e. The number of aliphatic hydroxyl groups excluding tert-OH is 3. The number of carbonyl (C=O) groups is 1. The van der Waals surface area contributed by atoms with Crippen LogP contribution in [0.2, 0.25) is 0 Å². The molecule has 1 unspecified atom stereocenters. The first-order valence-electron chi connectivity index (χ1n) is 6.51. The zero-order chi connectivity index (χ0) is 13.7. The first kappa shape index (κ1) is 15.4. The first-order chi connectivity index (χ1) is 8.51. The standard InChI is InChI=1S/C12H24N2O4/c1-3-4-5-8-10(13-7(2)16)12(18)11(17)9(6-15)14-8/h8-12,14-15,17-18H,3-6H2,1-2H3,(H,13,16)/t8?,9-,10+,11+,12-/m1/s1. The molecule has 5 atom stereocenters. The number of rotatable bonds is 5. The third-order valence-corrected chi connectivity index (χ3v) is 3.43. The molecule has 0 saturated carbocycles. The van der Waals surface area contributed by atoms with Crippen molar-refractivity contribution in [2.24, 2.45) is 0 Å². The van der Waals surface area contributed by atoms with E-state index in [1.54, 1.807) is 0 Å². The monoisotopic (exact) mass is 260 g/mol. The van der Waals surface area contributed by atoms with E-state index in [2.05, 4.69) is 17.6 Å². The Hall–Kier alpha value is -0.690. The second-order valence-corrected chi connectivity index (χ2v) is 4.91. The van der Waals surface area contributed by atoms with Gasteiger partial charge in [-0.15, -0.1) is 0 Å². The molecule has 0 aromatic heterocycles. The van der Waals surface area contributed by atoms with Crippen LogP contribution in [-0.4, -0.2) is 58.2 Å². The number of piperidine rings is 1. The lowest BCUT2D eigenvalue weighted by Gasteiger charge is -2.43. The molecule has 1 aliphatic heterocycles. The van der Waals surface area contributed by atoms with Crippen molar-refractivity contribution >= 4 is 5.91 Å². The van der Waals surface area contributed by atoms with E-state index in [0.717, 1.165) is 19.3 Å². The Balaban J connectivity index is 2.76. The maximum atomic E-state index is 11.2. The number of carbonyl (C=O) groups excluding carboxylic acids is 1. The highest BCUT2D eigenvalue weighted by Gasteiger charge is 2.42. The average Bonchev–Trinajstić information content (AvgIpc) is 2.33. The van der Waals surface area contributed by atoms with Crippen LogP contribution in [0.1, 0.15) is 33.1 Å². The van der Waals surface area contributed by atoms with Gasteiger partial charge >= 0.3 is 0 Å². The fourth-order valence-electron chi connectivity index (χ4n) is 2.43. The van der Waals surface area contributed by atoms with Gasteiger partial charge in [0.05, 0.1) is 24.8 Å². The van der Waals surface area contributed by atoms with Gasteiger partial charge < -0.3 is 26.0 Å². The molecule has 106 valence electrons. The number of hydrogen-bond donors (Lipinski definition) is 5. The van der Waals surface area contributed by atoms with E-state index in [-0.39, 0.29) is 18.6 Å². The summed E-state index contributed by atoms with van der Waals surface area (Å²) in [5.41, 5.74) is 0. The zero-order valence-corrected chi connectivity index (χ0v) is 11.0. The normalized spacial score (nSPS) is 36.4. The molecule has 6 heteroatoms. The summed E-state index contributed by atoms with van der Waals surface area (Å²) in [6, 6.07) is -1.21. The van der Waals surface area contributed by atoms with Crippen molar-refractivity contribution < 1.29 is 20.1 Å². The van der Waals surface area contributed by atoms with Gasteiger partial charge in [-0.3, -0.25) is 4.79 Å². The van der Waals surface area contributed by atoms with Crippen LogP contribution >= 0.6 is 0 Å². The minimum atomic E-state index is -1.08. The maximum Gasteiger partial charge on any atom is 0.217 e. The van der Waals surface area contributed by atoms with E-state index in [9.17, 15) is 15.0 Å². The molecule has 1 rings (SSSR count). The van der Waals surface area contributed by atoms with E-state index in [1.165, 1.54) is 6.92 Å². The van der Waals surface area contributed by atoms with Gasteiger partial charge in [-0.1, -0.05) is 19.8 Å². The Kier molecular flexibility index (Phi) is 6.01. The minimum Gasteiger partial charge on any atom is -0.395 e. The predicted octanol–water partition coefficient (Wildman–Crippen LogP) is -1.26. The molecule has 18 heavy (non-hydrogen) atoms. The Morgan fingerprint density at radius 1 is 1.28 bits per heavy atom. The molecule has 1 fully saturated rings. The molecule has 0 aromatic rings. The summed E-state index contributed by atoms with van der Waals surface area (Å²) >= 11 is 0. The number of amides is 1. The lowest BCUT2D eigenvalue weighted by atomic mass is 9.86. The molecule has 0 aliphatic carbocycles. The molecule has 5 N–H and O–H groups in total. The third kappa shape index (κ3) is 3.65. The van der Waals surface area contributed by atoms with Gasteiger partial charge in [0, 0.05) is 13.0 Å². The van der Waals surface area contributed by atoms with Crippen LogP contribution in [-0.2, 0) is 4.79 Å². The van der Waals surface area contributed by atoms with Crippen LogP contribution in [0.3, 0.4) is 0 Å². The van der Waals surface area contributed by atoms with Crippen LogP contribution in [0.5, 0.6) is 0 Å². The van der Waals surface area contributed by atoms with Crippen molar-refractivity contribution in [1.29, 1.82) is 0 Å². The number of hydrogen-bond acceptors (Lipinski definition) is 5. The van der Waals surface area contributed by atoms with Crippen molar-refractivity contribution in [2.45, 2.75) is 63.4 Å². The van der Waals surface area contributed by atoms with Gasteiger partial charge in [0.1, 0.15) is 6.10 Å². The first-order valence-corrected chi connectivity index (χ1v) is 6.51. The van der Waals surface area contributed by atoms with E-state index in [0.29, 0.717) is 0 Å².